The number of pyridine rings is 1. The summed E-state index contributed by atoms with van der Waals surface area (Å²) in [6.45, 7) is 0.802. The van der Waals surface area contributed by atoms with E-state index in [1.165, 1.54) is 44.9 Å². The molecule has 1 aliphatic rings. The molecule has 2 heterocycles. The number of nitrogens with zero attached hydrogens (tertiary/aromatic N) is 4. The molecule has 0 atom stereocenters. The quantitative estimate of drug-likeness (QED) is 0.401. The second-order valence-corrected chi connectivity index (χ2v) is 8.01. The molecule has 0 spiro atoms. The van der Waals surface area contributed by atoms with E-state index >= 15 is 8.78 Å². The number of rotatable bonds is 7. The number of halogens is 2. The van der Waals surface area contributed by atoms with E-state index in [4.69, 9.17) is 9.47 Å². The zero-order chi connectivity index (χ0) is 21.4. The Morgan fingerprint density at radius 1 is 1.10 bits per heavy atom. The number of benzene rings is 1. The number of thioether (sulfide) groups is 1. The van der Waals surface area contributed by atoms with Crippen LogP contribution in [0.4, 0.5) is 14.6 Å². The molecule has 0 saturated heterocycles. The van der Waals surface area contributed by atoms with Crippen LogP contribution in [0.1, 0.15) is 12.8 Å². The van der Waals surface area contributed by atoms with Crippen molar-refractivity contribution in [3.05, 3.63) is 30.0 Å². The van der Waals surface area contributed by atoms with Crippen molar-refractivity contribution < 1.29 is 18.3 Å². The van der Waals surface area contributed by atoms with Gasteiger partial charge in [0.25, 0.3) is 0 Å². The Balaban J connectivity index is 1.96. The molecule has 6 nitrogen and oxygen atoms in total. The minimum atomic E-state index is -0.833. The third kappa shape index (κ3) is 3.74. The van der Waals surface area contributed by atoms with E-state index in [1.807, 2.05) is 18.2 Å². The first-order valence-corrected chi connectivity index (χ1v) is 10.7. The predicted molar refractivity (Wildman–Crippen MR) is 114 cm³/mol. The SMILES string of the molecule is COc1cc(OC)c(F)c(-c2cc3cnc(SC)nc3c(N(C)CC3CC3)n2)c1F. The van der Waals surface area contributed by atoms with Gasteiger partial charge in [-0.25, -0.2) is 23.7 Å². The lowest BCUT2D eigenvalue weighted by atomic mass is 10.1. The van der Waals surface area contributed by atoms with Crippen LogP contribution in [-0.4, -0.2) is 49.0 Å². The number of anilines is 1. The summed E-state index contributed by atoms with van der Waals surface area (Å²) in [6, 6.07) is 2.78. The molecule has 1 saturated carbocycles. The van der Waals surface area contributed by atoms with E-state index in [0.717, 1.165) is 6.54 Å². The number of methoxy groups -OCH3 is 2. The molecule has 0 unspecified atom stereocenters. The van der Waals surface area contributed by atoms with Gasteiger partial charge in [0.1, 0.15) is 5.52 Å². The van der Waals surface area contributed by atoms with Crippen LogP contribution in [0.3, 0.4) is 0 Å². The fraction of sp³-hybridized carbons (Fsp3) is 0.381. The van der Waals surface area contributed by atoms with Crippen molar-refractivity contribution in [1.29, 1.82) is 0 Å². The molecule has 30 heavy (non-hydrogen) atoms. The van der Waals surface area contributed by atoms with Crippen LogP contribution < -0.4 is 14.4 Å². The normalized spacial score (nSPS) is 13.5. The molecular formula is C21H22F2N4O2S. The molecule has 1 aliphatic carbocycles. The van der Waals surface area contributed by atoms with Crippen molar-refractivity contribution in [2.24, 2.45) is 5.92 Å². The monoisotopic (exact) mass is 432 g/mol. The van der Waals surface area contributed by atoms with Crippen LogP contribution in [0.2, 0.25) is 0 Å². The van der Waals surface area contributed by atoms with Crippen LogP contribution in [-0.2, 0) is 0 Å². The van der Waals surface area contributed by atoms with Gasteiger partial charge in [0.2, 0.25) is 0 Å². The molecule has 2 aromatic heterocycles. The van der Waals surface area contributed by atoms with Gasteiger partial charge in [0.15, 0.2) is 34.1 Å². The maximum absolute atomic E-state index is 15.1. The summed E-state index contributed by atoms with van der Waals surface area (Å²) in [5, 5.41) is 1.26. The average Bonchev–Trinajstić information content (AvgIpc) is 3.57. The van der Waals surface area contributed by atoms with Crippen LogP contribution in [0.15, 0.2) is 23.5 Å². The Labute approximate surface area is 177 Å². The lowest BCUT2D eigenvalue weighted by Gasteiger charge is -2.21. The molecule has 1 fully saturated rings. The Kier molecular flexibility index (Phi) is 5.64. The van der Waals surface area contributed by atoms with Gasteiger partial charge in [-0.2, -0.15) is 0 Å². The number of aromatic nitrogens is 3. The molecular weight excluding hydrogens is 410 g/mol. The largest absolute Gasteiger partial charge is 0.494 e. The van der Waals surface area contributed by atoms with Crippen molar-refractivity contribution in [2.45, 2.75) is 18.0 Å². The van der Waals surface area contributed by atoms with Crippen molar-refractivity contribution in [1.82, 2.24) is 15.0 Å². The third-order valence-electron chi connectivity index (χ3n) is 5.13. The van der Waals surface area contributed by atoms with Crippen LogP contribution in [0, 0.1) is 17.6 Å². The summed E-state index contributed by atoms with van der Waals surface area (Å²) < 4.78 is 40.3. The number of hydrogen-bond acceptors (Lipinski definition) is 7. The molecule has 158 valence electrons. The first kappa shape index (κ1) is 20.6. The minimum Gasteiger partial charge on any atom is -0.494 e. The standard InChI is InChI=1S/C21H22F2N4O2S/c1-27(10-11-5-6-11)20-19-12(9-24-21(26-19)30-4)7-13(25-20)16-17(22)14(28-2)8-15(29-3)18(16)23/h7-9,11H,5-6,10H2,1-4H3. The number of hydrogen-bond donors (Lipinski definition) is 0. The summed E-state index contributed by atoms with van der Waals surface area (Å²) >= 11 is 1.42. The fourth-order valence-electron chi connectivity index (χ4n) is 3.38. The van der Waals surface area contributed by atoms with Crippen LogP contribution in [0.5, 0.6) is 11.5 Å². The minimum absolute atomic E-state index is 0.119. The lowest BCUT2D eigenvalue weighted by Crippen LogP contribution is -2.22. The van der Waals surface area contributed by atoms with E-state index < -0.39 is 11.6 Å². The molecule has 0 N–H and O–H groups in total. The van der Waals surface area contributed by atoms with Gasteiger partial charge < -0.3 is 14.4 Å². The van der Waals surface area contributed by atoms with E-state index in [0.29, 0.717) is 27.8 Å². The summed E-state index contributed by atoms with van der Waals surface area (Å²) in [5.41, 5.74) is 0.480. The van der Waals surface area contributed by atoms with Gasteiger partial charge in [-0.3, -0.25) is 0 Å². The van der Waals surface area contributed by atoms with E-state index in [-0.39, 0.29) is 22.8 Å². The maximum Gasteiger partial charge on any atom is 0.187 e. The summed E-state index contributed by atoms with van der Waals surface area (Å²) in [5.74, 6) is -0.741. The molecule has 0 bridgehead atoms. The maximum atomic E-state index is 15.1. The second-order valence-electron chi connectivity index (χ2n) is 7.23. The summed E-state index contributed by atoms with van der Waals surface area (Å²) in [6.07, 6.45) is 5.89. The highest BCUT2D eigenvalue weighted by Crippen LogP contribution is 2.39. The molecule has 3 aromatic rings. The Morgan fingerprint density at radius 2 is 1.77 bits per heavy atom. The number of fused-ring (bicyclic) bond motifs is 1. The second kappa shape index (κ2) is 8.22. The smallest absolute Gasteiger partial charge is 0.187 e. The van der Waals surface area contributed by atoms with Gasteiger partial charge in [-0.15, -0.1) is 0 Å². The zero-order valence-electron chi connectivity index (χ0n) is 17.2. The highest BCUT2D eigenvalue weighted by Gasteiger charge is 2.27. The van der Waals surface area contributed by atoms with Crippen LogP contribution in [0.25, 0.3) is 22.2 Å². The lowest BCUT2D eigenvalue weighted by molar-refractivity contribution is 0.359. The predicted octanol–water partition coefficient (Wildman–Crippen LogP) is 4.56. The van der Waals surface area contributed by atoms with E-state index in [2.05, 4.69) is 15.0 Å². The molecule has 0 aliphatic heterocycles. The van der Waals surface area contributed by atoms with E-state index in [1.54, 1.807) is 12.3 Å². The van der Waals surface area contributed by atoms with Crippen molar-refractivity contribution >= 4 is 28.5 Å². The third-order valence-corrected chi connectivity index (χ3v) is 5.69. The Bertz CT molecular complexity index is 1080. The van der Waals surface area contributed by atoms with Crippen LogP contribution >= 0.6 is 11.8 Å². The van der Waals surface area contributed by atoms with Gasteiger partial charge >= 0.3 is 0 Å². The van der Waals surface area contributed by atoms with Crippen molar-refractivity contribution in [3.8, 4) is 22.8 Å². The summed E-state index contributed by atoms with van der Waals surface area (Å²) in [4.78, 5) is 15.5. The van der Waals surface area contributed by atoms with E-state index in [9.17, 15) is 0 Å². The first-order chi connectivity index (χ1) is 14.5. The molecule has 1 aromatic carbocycles. The summed E-state index contributed by atoms with van der Waals surface area (Å²) in [7, 11) is 4.56. The molecule has 4 rings (SSSR count). The van der Waals surface area contributed by atoms with Crippen molar-refractivity contribution in [3.63, 3.8) is 0 Å². The molecule has 0 amide bonds. The van der Waals surface area contributed by atoms with Gasteiger partial charge in [-0.1, -0.05) is 11.8 Å². The molecule has 9 heteroatoms. The van der Waals surface area contributed by atoms with Crippen molar-refractivity contribution in [2.75, 3.05) is 39.0 Å². The fourth-order valence-corrected chi connectivity index (χ4v) is 3.72. The van der Waals surface area contributed by atoms with Gasteiger partial charge in [-0.05, 0) is 31.1 Å². The van der Waals surface area contributed by atoms with Gasteiger partial charge in [0.05, 0.1) is 25.5 Å². The first-order valence-electron chi connectivity index (χ1n) is 9.50. The highest BCUT2D eigenvalue weighted by atomic mass is 32.2. The zero-order valence-corrected chi connectivity index (χ0v) is 18.0. The molecule has 0 radical (unpaired) electrons. The topological polar surface area (TPSA) is 60.4 Å². The Morgan fingerprint density at radius 3 is 2.33 bits per heavy atom. The average molecular weight is 432 g/mol. The number of ether oxygens (including phenoxy) is 2. The Hall–Kier alpha value is -2.68. The van der Waals surface area contributed by atoms with Gasteiger partial charge in [0, 0.05) is 31.2 Å². The highest BCUT2D eigenvalue weighted by molar-refractivity contribution is 7.98.